The molecule has 0 unspecified atom stereocenters. The molecular formula is C26H28N4O5. The summed E-state index contributed by atoms with van der Waals surface area (Å²) in [4.78, 5) is 36.0. The lowest BCUT2D eigenvalue weighted by molar-refractivity contribution is -0.116. The number of aromatic carboxylic acids is 1. The third-order valence-electron chi connectivity index (χ3n) is 6.13. The van der Waals surface area contributed by atoms with Crippen molar-refractivity contribution in [3.05, 3.63) is 71.4 Å². The van der Waals surface area contributed by atoms with Gasteiger partial charge in [-0.1, -0.05) is 48.5 Å². The molecule has 0 saturated heterocycles. The molecule has 1 aromatic heterocycles. The number of nitrogens with one attached hydrogen (secondary N) is 2. The van der Waals surface area contributed by atoms with Crippen molar-refractivity contribution in [3.63, 3.8) is 0 Å². The van der Waals surface area contributed by atoms with Crippen LogP contribution in [0.2, 0.25) is 0 Å². The van der Waals surface area contributed by atoms with Crippen molar-refractivity contribution < 1.29 is 24.2 Å². The Kier molecular flexibility index (Phi) is 6.59. The van der Waals surface area contributed by atoms with Gasteiger partial charge in [-0.05, 0) is 42.5 Å². The van der Waals surface area contributed by atoms with Gasteiger partial charge < -0.3 is 20.5 Å². The predicted molar refractivity (Wildman–Crippen MR) is 130 cm³/mol. The summed E-state index contributed by atoms with van der Waals surface area (Å²) < 4.78 is 6.89. The van der Waals surface area contributed by atoms with Crippen LogP contribution in [0.4, 0.5) is 10.6 Å². The molecule has 0 fully saturated rings. The molecule has 9 nitrogen and oxygen atoms in total. The molecule has 9 heteroatoms. The molecule has 4 rings (SSSR count). The van der Waals surface area contributed by atoms with Gasteiger partial charge in [0.1, 0.15) is 12.4 Å². The lowest BCUT2D eigenvalue weighted by atomic mass is 9.98. The summed E-state index contributed by atoms with van der Waals surface area (Å²) in [5, 5.41) is 18.3. The molecule has 0 bridgehead atoms. The molecule has 182 valence electrons. The summed E-state index contributed by atoms with van der Waals surface area (Å²) in [6.07, 6.45) is -0.0771. The van der Waals surface area contributed by atoms with Gasteiger partial charge in [-0.2, -0.15) is 5.10 Å². The molecule has 35 heavy (non-hydrogen) atoms. The number of amides is 2. The second-order valence-electron chi connectivity index (χ2n) is 9.23. The molecule has 0 spiro atoms. The highest BCUT2D eigenvalue weighted by Crippen LogP contribution is 2.44. The SMILES string of the molecule is Cn1nc(C(=O)O)cc1NC(=O)CCC(C)(C)NC(=O)OCC1c2ccccc2-c2ccccc21. The minimum Gasteiger partial charge on any atom is -0.476 e. The van der Waals surface area contributed by atoms with E-state index in [1.165, 1.54) is 10.7 Å². The van der Waals surface area contributed by atoms with E-state index in [0.29, 0.717) is 6.42 Å². The standard InChI is InChI=1S/C26H28N4O5/c1-26(2,13-12-23(31)27-22-14-21(24(32)33)29-30(22)3)28-25(34)35-15-20-18-10-6-4-8-16(18)17-9-5-7-11-19(17)20/h4-11,14,20H,12-13,15H2,1-3H3,(H,27,31)(H,28,34)(H,32,33). The molecule has 0 saturated carbocycles. The summed E-state index contributed by atoms with van der Waals surface area (Å²) in [7, 11) is 1.55. The number of nitrogens with zero attached hydrogens (tertiary/aromatic N) is 2. The van der Waals surface area contributed by atoms with Crippen molar-refractivity contribution in [2.24, 2.45) is 7.05 Å². The summed E-state index contributed by atoms with van der Waals surface area (Å²) in [6.45, 7) is 3.84. The first-order valence-electron chi connectivity index (χ1n) is 11.3. The molecule has 0 aliphatic heterocycles. The number of carbonyl (C=O) groups excluding carboxylic acids is 2. The van der Waals surface area contributed by atoms with E-state index in [4.69, 9.17) is 9.84 Å². The highest BCUT2D eigenvalue weighted by Gasteiger charge is 2.30. The average molecular weight is 477 g/mol. The van der Waals surface area contributed by atoms with Crippen LogP contribution in [0.1, 0.15) is 54.2 Å². The predicted octanol–water partition coefficient (Wildman–Crippen LogP) is 4.15. The Balaban J connectivity index is 1.30. The molecule has 2 amide bonds. The lowest BCUT2D eigenvalue weighted by Crippen LogP contribution is -2.44. The highest BCUT2D eigenvalue weighted by molar-refractivity contribution is 5.92. The van der Waals surface area contributed by atoms with E-state index in [1.807, 2.05) is 38.1 Å². The fourth-order valence-electron chi connectivity index (χ4n) is 4.29. The Morgan fingerprint density at radius 2 is 1.66 bits per heavy atom. The largest absolute Gasteiger partial charge is 0.476 e. The highest BCUT2D eigenvalue weighted by atomic mass is 16.5. The number of carboxylic acids is 1. The third-order valence-corrected chi connectivity index (χ3v) is 6.13. The number of rotatable bonds is 8. The van der Waals surface area contributed by atoms with Gasteiger partial charge in [0.25, 0.3) is 0 Å². The number of anilines is 1. The number of ether oxygens (including phenoxy) is 1. The van der Waals surface area contributed by atoms with Crippen LogP contribution < -0.4 is 10.6 Å². The van der Waals surface area contributed by atoms with E-state index >= 15 is 0 Å². The number of hydrogen-bond acceptors (Lipinski definition) is 5. The number of carbonyl (C=O) groups is 3. The van der Waals surface area contributed by atoms with Crippen molar-refractivity contribution in [1.82, 2.24) is 15.1 Å². The van der Waals surface area contributed by atoms with Crippen LogP contribution in [0.25, 0.3) is 11.1 Å². The normalized spacial score (nSPS) is 12.5. The van der Waals surface area contributed by atoms with Crippen molar-refractivity contribution in [2.45, 2.75) is 38.1 Å². The fraction of sp³-hybridized carbons (Fsp3) is 0.308. The van der Waals surface area contributed by atoms with Crippen molar-refractivity contribution in [3.8, 4) is 11.1 Å². The molecule has 2 aromatic carbocycles. The molecule has 0 atom stereocenters. The van der Waals surface area contributed by atoms with E-state index in [2.05, 4.69) is 40.0 Å². The zero-order chi connectivity index (χ0) is 25.2. The fourth-order valence-corrected chi connectivity index (χ4v) is 4.29. The minimum absolute atomic E-state index is 0.0309. The molecule has 3 N–H and O–H groups in total. The molecule has 0 radical (unpaired) electrons. The number of carboxylic acid groups (broad SMARTS) is 1. The Bertz CT molecular complexity index is 1230. The Hall–Kier alpha value is -4.14. The Labute approximate surface area is 203 Å². The van der Waals surface area contributed by atoms with Crippen molar-refractivity contribution >= 4 is 23.8 Å². The van der Waals surface area contributed by atoms with Gasteiger partial charge in [0.05, 0.1) is 0 Å². The van der Waals surface area contributed by atoms with E-state index in [1.54, 1.807) is 7.05 Å². The smallest absolute Gasteiger partial charge is 0.407 e. The van der Waals surface area contributed by atoms with Gasteiger partial charge in [-0.25, -0.2) is 9.59 Å². The number of aryl methyl sites for hydroxylation is 1. The quantitative estimate of drug-likeness (QED) is 0.449. The van der Waals surface area contributed by atoms with E-state index in [9.17, 15) is 14.4 Å². The van der Waals surface area contributed by atoms with E-state index in [-0.39, 0.29) is 36.4 Å². The number of benzene rings is 2. The van der Waals surface area contributed by atoms with Gasteiger partial charge in [-0.15, -0.1) is 0 Å². The first kappa shape index (κ1) is 24.0. The van der Waals surface area contributed by atoms with Crippen molar-refractivity contribution in [1.29, 1.82) is 0 Å². The molecule has 1 aliphatic rings. The first-order chi connectivity index (χ1) is 16.6. The third kappa shape index (κ3) is 5.34. The average Bonchev–Trinajstić information content (AvgIpc) is 3.34. The van der Waals surface area contributed by atoms with Gasteiger partial charge in [0.2, 0.25) is 5.91 Å². The van der Waals surface area contributed by atoms with Gasteiger partial charge in [0.15, 0.2) is 5.69 Å². The summed E-state index contributed by atoms with van der Waals surface area (Å²) in [6, 6.07) is 17.6. The Morgan fingerprint density at radius 3 is 2.23 bits per heavy atom. The zero-order valence-electron chi connectivity index (χ0n) is 19.9. The summed E-state index contributed by atoms with van der Waals surface area (Å²) in [5.41, 5.74) is 3.75. The lowest BCUT2D eigenvalue weighted by Gasteiger charge is -2.26. The maximum atomic E-state index is 12.6. The maximum absolute atomic E-state index is 12.6. The second kappa shape index (κ2) is 9.61. The van der Waals surface area contributed by atoms with Gasteiger partial charge in [0, 0.05) is 31.0 Å². The van der Waals surface area contributed by atoms with Crippen LogP contribution >= 0.6 is 0 Å². The zero-order valence-corrected chi connectivity index (χ0v) is 19.9. The molecular weight excluding hydrogens is 448 g/mol. The number of alkyl carbamates (subject to hydrolysis) is 1. The van der Waals surface area contributed by atoms with Crippen LogP contribution in [-0.4, -0.2) is 45.0 Å². The number of hydrogen-bond donors (Lipinski definition) is 3. The van der Waals surface area contributed by atoms with E-state index < -0.39 is 17.6 Å². The molecule has 1 heterocycles. The summed E-state index contributed by atoms with van der Waals surface area (Å²) >= 11 is 0. The van der Waals surface area contributed by atoms with Crippen LogP contribution in [0, 0.1) is 0 Å². The molecule has 1 aliphatic carbocycles. The minimum atomic E-state index is -1.17. The topological polar surface area (TPSA) is 123 Å². The van der Waals surface area contributed by atoms with Crippen LogP contribution in [-0.2, 0) is 16.6 Å². The van der Waals surface area contributed by atoms with E-state index in [0.717, 1.165) is 22.3 Å². The van der Waals surface area contributed by atoms with Crippen LogP contribution in [0.3, 0.4) is 0 Å². The first-order valence-corrected chi connectivity index (χ1v) is 11.3. The van der Waals surface area contributed by atoms with Crippen LogP contribution in [0.5, 0.6) is 0 Å². The Morgan fingerprint density at radius 1 is 1.06 bits per heavy atom. The molecule has 3 aromatic rings. The summed E-state index contributed by atoms with van der Waals surface area (Å²) in [5.74, 6) is -1.23. The van der Waals surface area contributed by atoms with Gasteiger partial charge in [-0.3, -0.25) is 9.48 Å². The van der Waals surface area contributed by atoms with Crippen molar-refractivity contribution in [2.75, 3.05) is 11.9 Å². The number of aromatic nitrogens is 2. The number of fused-ring (bicyclic) bond motifs is 3. The monoisotopic (exact) mass is 476 g/mol. The van der Waals surface area contributed by atoms with Crippen LogP contribution in [0.15, 0.2) is 54.6 Å². The van der Waals surface area contributed by atoms with Gasteiger partial charge >= 0.3 is 12.1 Å². The second-order valence-corrected chi connectivity index (χ2v) is 9.23. The maximum Gasteiger partial charge on any atom is 0.407 e.